The molecule has 0 bridgehead atoms. The summed E-state index contributed by atoms with van der Waals surface area (Å²) in [5, 5.41) is 0.162. The summed E-state index contributed by atoms with van der Waals surface area (Å²) in [6, 6.07) is 2.16. The van der Waals surface area contributed by atoms with Gasteiger partial charge in [-0.1, -0.05) is 38.5 Å². The van der Waals surface area contributed by atoms with E-state index in [2.05, 4.69) is 37.9 Å². The van der Waals surface area contributed by atoms with Gasteiger partial charge >= 0.3 is 0 Å². The molecule has 1 saturated carbocycles. The largest absolute Gasteiger partial charge is 0.121 e. The molecular formula is C13H17Br2ClS. The molecule has 0 saturated heterocycles. The van der Waals surface area contributed by atoms with E-state index in [4.69, 9.17) is 11.6 Å². The normalized spacial score (nSPS) is 20.2. The topological polar surface area (TPSA) is 0 Å². The van der Waals surface area contributed by atoms with E-state index in [1.165, 1.54) is 47.9 Å². The summed E-state index contributed by atoms with van der Waals surface area (Å²) in [6.45, 7) is 0. The van der Waals surface area contributed by atoms with E-state index in [1.54, 1.807) is 11.3 Å². The van der Waals surface area contributed by atoms with Gasteiger partial charge in [-0.25, -0.2) is 0 Å². The summed E-state index contributed by atoms with van der Waals surface area (Å²) in [5.74, 6) is 0.825. The number of thiophene rings is 1. The summed E-state index contributed by atoms with van der Waals surface area (Å²) < 4.78 is 2.34. The minimum absolute atomic E-state index is 0.162. The van der Waals surface area contributed by atoms with E-state index in [-0.39, 0.29) is 5.38 Å². The highest BCUT2D eigenvalue weighted by Gasteiger charge is 2.20. The Bertz CT molecular complexity index is 356. The summed E-state index contributed by atoms with van der Waals surface area (Å²) in [4.78, 5) is 0. The fraction of sp³-hybridized carbons (Fsp3) is 0.692. The quantitative estimate of drug-likeness (QED) is 0.382. The van der Waals surface area contributed by atoms with Gasteiger partial charge in [0.1, 0.15) is 0 Å². The molecule has 1 aromatic rings. The van der Waals surface area contributed by atoms with Crippen LogP contribution in [-0.4, -0.2) is 0 Å². The van der Waals surface area contributed by atoms with Crippen LogP contribution in [0.3, 0.4) is 0 Å². The van der Waals surface area contributed by atoms with Crippen LogP contribution in [0.4, 0.5) is 0 Å². The summed E-state index contributed by atoms with van der Waals surface area (Å²) in [6.07, 6.45) is 9.47. The molecule has 1 fully saturated rings. The van der Waals surface area contributed by atoms with E-state index in [1.807, 2.05) is 0 Å². The zero-order valence-electron chi connectivity index (χ0n) is 9.72. The van der Waals surface area contributed by atoms with Crippen LogP contribution in [0.2, 0.25) is 0 Å². The van der Waals surface area contributed by atoms with Crippen LogP contribution in [0.5, 0.6) is 0 Å². The van der Waals surface area contributed by atoms with Crippen LogP contribution in [0.1, 0.15) is 55.9 Å². The molecule has 0 amide bonds. The zero-order chi connectivity index (χ0) is 12.3. The first-order valence-corrected chi connectivity index (χ1v) is 9.09. The summed E-state index contributed by atoms with van der Waals surface area (Å²) in [7, 11) is 0. The minimum atomic E-state index is 0.162. The summed E-state index contributed by atoms with van der Waals surface area (Å²) >= 11 is 15.4. The first-order valence-electron chi connectivity index (χ1n) is 6.25. The van der Waals surface area contributed by atoms with Crippen molar-refractivity contribution in [2.45, 2.75) is 50.3 Å². The maximum Gasteiger partial charge on any atom is 0.0757 e. The lowest BCUT2D eigenvalue weighted by Gasteiger charge is -2.17. The molecule has 17 heavy (non-hydrogen) atoms. The van der Waals surface area contributed by atoms with Crippen LogP contribution in [0.15, 0.2) is 13.6 Å². The third kappa shape index (κ3) is 4.22. The Kier molecular flexibility index (Phi) is 5.85. The van der Waals surface area contributed by atoms with Gasteiger partial charge in [-0.3, -0.25) is 0 Å². The van der Waals surface area contributed by atoms with Gasteiger partial charge in [-0.15, -0.1) is 22.9 Å². The van der Waals surface area contributed by atoms with Crippen molar-refractivity contribution in [3.63, 3.8) is 0 Å². The predicted molar refractivity (Wildman–Crippen MR) is 84.1 cm³/mol. The molecule has 96 valence electrons. The smallest absolute Gasteiger partial charge is 0.0757 e. The average molecular weight is 401 g/mol. The van der Waals surface area contributed by atoms with Gasteiger partial charge in [0, 0.05) is 0 Å². The highest BCUT2D eigenvalue weighted by atomic mass is 79.9. The van der Waals surface area contributed by atoms with Crippen LogP contribution < -0.4 is 0 Å². The lowest BCUT2D eigenvalue weighted by atomic mass is 9.93. The summed E-state index contributed by atoms with van der Waals surface area (Å²) in [5.41, 5.74) is 1.26. The number of halogens is 3. The van der Waals surface area contributed by atoms with Gasteiger partial charge in [0.2, 0.25) is 0 Å². The van der Waals surface area contributed by atoms with E-state index >= 15 is 0 Å². The fourth-order valence-electron chi connectivity index (χ4n) is 2.59. The Labute approximate surface area is 129 Å². The highest BCUT2D eigenvalue weighted by Crippen LogP contribution is 2.42. The van der Waals surface area contributed by atoms with Gasteiger partial charge in [0.25, 0.3) is 0 Å². The van der Waals surface area contributed by atoms with Crippen LogP contribution in [0.25, 0.3) is 0 Å². The second-order valence-electron chi connectivity index (χ2n) is 4.84. The number of hydrogen-bond acceptors (Lipinski definition) is 1. The van der Waals surface area contributed by atoms with Crippen molar-refractivity contribution in [1.82, 2.24) is 0 Å². The number of hydrogen-bond donors (Lipinski definition) is 0. The van der Waals surface area contributed by atoms with Crippen molar-refractivity contribution < 1.29 is 0 Å². The van der Waals surface area contributed by atoms with E-state index in [0.717, 1.165) is 16.1 Å². The Morgan fingerprint density at radius 1 is 1.24 bits per heavy atom. The fourth-order valence-corrected chi connectivity index (χ4v) is 6.18. The van der Waals surface area contributed by atoms with Gasteiger partial charge in [0.15, 0.2) is 0 Å². The van der Waals surface area contributed by atoms with Gasteiger partial charge in [0.05, 0.1) is 12.9 Å². The molecule has 1 heterocycles. The molecule has 1 aliphatic rings. The lowest BCUT2D eigenvalue weighted by Crippen LogP contribution is -2.03. The molecule has 0 radical (unpaired) electrons. The molecule has 0 N–H and O–H groups in total. The van der Waals surface area contributed by atoms with E-state index in [9.17, 15) is 0 Å². The maximum atomic E-state index is 6.57. The second-order valence-corrected chi connectivity index (χ2v) is 9.12. The Morgan fingerprint density at radius 3 is 2.41 bits per heavy atom. The van der Waals surface area contributed by atoms with Crippen LogP contribution in [-0.2, 0) is 0 Å². The Hall–Kier alpha value is 0.950. The molecule has 1 atom stereocenters. The molecule has 4 heteroatoms. The maximum absolute atomic E-state index is 6.57. The number of rotatable bonds is 3. The molecule has 0 spiro atoms. The van der Waals surface area contributed by atoms with Gasteiger partial charge < -0.3 is 0 Å². The number of alkyl halides is 1. The molecule has 1 aromatic heterocycles. The van der Waals surface area contributed by atoms with Crippen molar-refractivity contribution >= 4 is 54.8 Å². The standard InChI is InChI=1S/C13H17Br2ClS/c14-12-8-10(13(15)17-12)11(16)7-9-5-3-1-2-4-6-9/h8-9,11H,1-7H2. The van der Waals surface area contributed by atoms with Crippen molar-refractivity contribution in [3.8, 4) is 0 Å². The van der Waals surface area contributed by atoms with Gasteiger partial charge in [-0.05, 0) is 55.8 Å². The molecule has 1 aliphatic carbocycles. The minimum Gasteiger partial charge on any atom is -0.121 e. The second kappa shape index (κ2) is 6.93. The monoisotopic (exact) mass is 398 g/mol. The van der Waals surface area contributed by atoms with Crippen molar-refractivity contribution in [3.05, 3.63) is 19.2 Å². The molecular weight excluding hydrogens is 383 g/mol. The molecule has 0 aromatic carbocycles. The zero-order valence-corrected chi connectivity index (χ0v) is 14.5. The predicted octanol–water partition coefficient (Wildman–Crippen LogP) is 6.91. The Morgan fingerprint density at radius 2 is 1.88 bits per heavy atom. The third-order valence-electron chi connectivity index (χ3n) is 3.54. The molecule has 0 aliphatic heterocycles. The first kappa shape index (κ1) is 14.4. The van der Waals surface area contributed by atoms with E-state index in [0.29, 0.717) is 0 Å². The molecule has 0 nitrogen and oxygen atoms in total. The molecule has 1 unspecified atom stereocenters. The van der Waals surface area contributed by atoms with Gasteiger partial charge in [-0.2, -0.15) is 0 Å². The average Bonchev–Trinajstić information content (AvgIpc) is 2.51. The highest BCUT2D eigenvalue weighted by molar-refractivity contribution is 9.12. The van der Waals surface area contributed by atoms with Crippen molar-refractivity contribution in [2.75, 3.05) is 0 Å². The first-order chi connectivity index (χ1) is 8.16. The lowest BCUT2D eigenvalue weighted by molar-refractivity contribution is 0.423. The van der Waals surface area contributed by atoms with Crippen LogP contribution in [0, 0.1) is 5.92 Å². The SMILES string of the molecule is ClC(CC1CCCCCC1)c1cc(Br)sc1Br. The van der Waals surface area contributed by atoms with Crippen molar-refractivity contribution in [2.24, 2.45) is 5.92 Å². The Balaban J connectivity index is 1.95. The molecule has 2 rings (SSSR count). The van der Waals surface area contributed by atoms with Crippen molar-refractivity contribution in [1.29, 1.82) is 0 Å². The van der Waals surface area contributed by atoms with Crippen LogP contribution >= 0.6 is 54.8 Å². The third-order valence-corrected chi connectivity index (χ3v) is 6.33. The van der Waals surface area contributed by atoms with E-state index < -0.39 is 0 Å².